The molecule has 16 heavy (non-hydrogen) atoms. The van der Waals surface area contributed by atoms with Gasteiger partial charge in [0.25, 0.3) is 0 Å². The largest absolute Gasteiger partial charge is 0.356 e. The molecule has 0 saturated heterocycles. The highest BCUT2D eigenvalue weighted by Crippen LogP contribution is 2.11. The molecule has 0 fully saturated rings. The van der Waals surface area contributed by atoms with Crippen molar-refractivity contribution in [2.75, 3.05) is 6.54 Å². The van der Waals surface area contributed by atoms with Crippen LogP contribution in [0.3, 0.4) is 0 Å². The van der Waals surface area contributed by atoms with Crippen molar-refractivity contribution in [3.8, 4) is 0 Å². The van der Waals surface area contributed by atoms with Crippen LogP contribution in [0.4, 0.5) is 0 Å². The number of aromatic nitrogens is 2. The molecule has 0 atom stereocenters. The number of hydrogen-bond acceptors (Lipinski definition) is 3. The smallest absolute Gasteiger partial charge is 0.226 e. The second-order valence-electron chi connectivity index (χ2n) is 3.71. The van der Waals surface area contributed by atoms with Gasteiger partial charge in [0.15, 0.2) is 4.96 Å². The van der Waals surface area contributed by atoms with Crippen molar-refractivity contribution in [2.45, 2.75) is 26.2 Å². The second kappa shape index (κ2) is 5.12. The molecule has 0 unspecified atom stereocenters. The highest BCUT2D eigenvalue weighted by molar-refractivity contribution is 7.15. The lowest BCUT2D eigenvalue weighted by atomic mass is 10.3. The first-order valence-corrected chi connectivity index (χ1v) is 6.35. The Morgan fingerprint density at radius 2 is 2.50 bits per heavy atom. The highest BCUT2D eigenvalue weighted by atomic mass is 32.1. The van der Waals surface area contributed by atoms with Crippen LogP contribution in [0.2, 0.25) is 0 Å². The maximum absolute atomic E-state index is 11.5. The van der Waals surface area contributed by atoms with Crippen LogP contribution in [0.1, 0.15) is 25.5 Å². The monoisotopic (exact) mass is 237 g/mol. The predicted octanol–water partition coefficient (Wildman–Crippen LogP) is 1.85. The molecule has 2 rings (SSSR count). The Morgan fingerprint density at radius 3 is 3.25 bits per heavy atom. The van der Waals surface area contributed by atoms with Gasteiger partial charge in [-0.15, -0.1) is 11.3 Å². The van der Waals surface area contributed by atoms with Crippen molar-refractivity contribution in [2.24, 2.45) is 0 Å². The van der Waals surface area contributed by atoms with Crippen LogP contribution < -0.4 is 5.32 Å². The molecule has 0 bridgehead atoms. The van der Waals surface area contributed by atoms with E-state index in [-0.39, 0.29) is 5.91 Å². The Hall–Kier alpha value is -1.36. The summed E-state index contributed by atoms with van der Waals surface area (Å²) in [5, 5.41) is 4.86. The summed E-state index contributed by atoms with van der Waals surface area (Å²) in [6, 6.07) is 0. The fraction of sp³-hybridized carbons (Fsp3) is 0.455. The van der Waals surface area contributed by atoms with E-state index < -0.39 is 0 Å². The van der Waals surface area contributed by atoms with Crippen molar-refractivity contribution in [1.82, 2.24) is 14.7 Å². The van der Waals surface area contributed by atoms with E-state index in [1.807, 2.05) is 22.2 Å². The van der Waals surface area contributed by atoms with Crippen LogP contribution in [0.5, 0.6) is 0 Å². The van der Waals surface area contributed by atoms with E-state index in [1.165, 1.54) is 0 Å². The van der Waals surface area contributed by atoms with Crippen molar-refractivity contribution < 1.29 is 4.79 Å². The third-order valence-electron chi connectivity index (χ3n) is 2.34. The van der Waals surface area contributed by atoms with Crippen LogP contribution in [0, 0.1) is 0 Å². The molecule has 0 aliphatic rings. The van der Waals surface area contributed by atoms with Gasteiger partial charge in [0.1, 0.15) is 0 Å². The zero-order chi connectivity index (χ0) is 11.4. The average molecular weight is 237 g/mol. The fourth-order valence-corrected chi connectivity index (χ4v) is 2.21. The van der Waals surface area contributed by atoms with Gasteiger partial charge in [-0.25, -0.2) is 4.98 Å². The topological polar surface area (TPSA) is 46.4 Å². The number of unbranched alkanes of at least 4 members (excludes halogenated alkanes) is 1. The average Bonchev–Trinajstić information content (AvgIpc) is 2.78. The zero-order valence-electron chi connectivity index (χ0n) is 9.27. The number of carbonyl (C=O) groups is 1. The quantitative estimate of drug-likeness (QED) is 0.807. The van der Waals surface area contributed by atoms with Gasteiger partial charge in [0.2, 0.25) is 5.91 Å². The third-order valence-corrected chi connectivity index (χ3v) is 3.11. The molecule has 0 aromatic carbocycles. The van der Waals surface area contributed by atoms with Gasteiger partial charge in [-0.3, -0.25) is 9.20 Å². The van der Waals surface area contributed by atoms with E-state index in [1.54, 1.807) is 11.3 Å². The van der Waals surface area contributed by atoms with Crippen LogP contribution in [-0.4, -0.2) is 21.8 Å². The molecule has 86 valence electrons. The van der Waals surface area contributed by atoms with E-state index in [2.05, 4.69) is 17.2 Å². The zero-order valence-corrected chi connectivity index (χ0v) is 10.1. The fourth-order valence-electron chi connectivity index (χ4n) is 1.49. The van der Waals surface area contributed by atoms with Gasteiger partial charge in [0.05, 0.1) is 12.1 Å². The number of nitrogens with zero attached hydrogens (tertiary/aromatic N) is 2. The molecular formula is C11H15N3OS. The summed E-state index contributed by atoms with van der Waals surface area (Å²) in [6.07, 6.45) is 6.36. The lowest BCUT2D eigenvalue weighted by molar-refractivity contribution is -0.120. The van der Waals surface area contributed by atoms with Gasteiger partial charge in [-0.2, -0.15) is 0 Å². The van der Waals surface area contributed by atoms with Gasteiger partial charge >= 0.3 is 0 Å². The number of carbonyl (C=O) groups excluding carboxylic acids is 1. The summed E-state index contributed by atoms with van der Waals surface area (Å²) in [5.41, 5.74) is 0.834. The lowest BCUT2D eigenvalue weighted by Gasteiger charge is -2.01. The number of rotatable bonds is 5. The first-order chi connectivity index (χ1) is 7.79. The van der Waals surface area contributed by atoms with Gasteiger partial charge in [0, 0.05) is 24.3 Å². The Morgan fingerprint density at radius 1 is 1.62 bits per heavy atom. The summed E-state index contributed by atoms with van der Waals surface area (Å²) in [7, 11) is 0. The van der Waals surface area contributed by atoms with Crippen LogP contribution in [-0.2, 0) is 11.2 Å². The molecule has 2 heterocycles. The van der Waals surface area contributed by atoms with Gasteiger partial charge < -0.3 is 5.32 Å². The molecule has 2 aromatic rings. The number of hydrogen-bond donors (Lipinski definition) is 1. The molecule has 4 nitrogen and oxygen atoms in total. The van der Waals surface area contributed by atoms with Crippen molar-refractivity contribution in [3.05, 3.63) is 23.5 Å². The van der Waals surface area contributed by atoms with Crippen molar-refractivity contribution in [3.63, 3.8) is 0 Å². The molecule has 5 heteroatoms. The molecule has 1 amide bonds. The third kappa shape index (κ3) is 2.61. The predicted molar refractivity (Wildman–Crippen MR) is 64.7 cm³/mol. The maximum atomic E-state index is 11.5. The van der Waals surface area contributed by atoms with E-state index >= 15 is 0 Å². The number of fused-ring (bicyclic) bond motifs is 1. The number of thiazole rings is 1. The Balaban J connectivity index is 1.89. The number of imidazole rings is 1. The van der Waals surface area contributed by atoms with Gasteiger partial charge in [-0.05, 0) is 6.42 Å². The van der Waals surface area contributed by atoms with Gasteiger partial charge in [-0.1, -0.05) is 13.3 Å². The Bertz CT molecular complexity index is 446. The van der Waals surface area contributed by atoms with Crippen molar-refractivity contribution in [1.29, 1.82) is 0 Å². The van der Waals surface area contributed by atoms with E-state index in [0.717, 1.165) is 30.0 Å². The maximum Gasteiger partial charge on any atom is 0.226 e. The van der Waals surface area contributed by atoms with Crippen LogP contribution in [0.15, 0.2) is 17.8 Å². The molecule has 0 radical (unpaired) electrons. The minimum absolute atomic E-state index is 0.0548. The molecule has 2 aromatic heterocycles. The normalized spacial score (nSPS) is 10.8. The summed E-state index contributed by atoms with van der Waals surface area (Å²) in [6.45, 7) is 2.87. The van der Waals surface area contributed by atoms with Crippen molar-refractivity contribution >= 4 is 22.2 Å². The summed E-state index contributed by atoms with van der Waals surface area (Å²) < 4.78 is 1.94. The minimum Gasteiger partial charge on any atom is -0.356 e. The van der Waals surface area contributed by atoms with E-state index in [4.69, 9.17) is 0 Å². The molecule has 0 spiro atoms. The first kappa shape index (κ1) is 11.1. The first-order valence-electron chi connectivity index (χ1n) is 5.47. The summed E-state index contributed by atoms with van der Waals surface area (Å²) in [4.78, 5) is 16.8. The molecule has 0 aliphatic carbocycles. The molecular weight excluding hydrogens is 222 g/mol. The van der Waals surface area contributed by atoms with Crippen LogP contribution >= 0.6 is 11.3 Å². The highest BCUT2D eigenvalue weighted by Gasteiger charge is 2.07. The standard InChI is InChI=1S/C11H15N3OS/c1-2-3-4-12-10(15)7-9-8-14-5-6-16-11(14)13-9/h5-6,8H,2-4,7H2,1H3,(H,12,15). The number of nitrogens with one attached hydrogen (secondary N) is 1. The van der Waals surface area contributed by atoms with Crippen LogP contribution in [0.25, 0.3) is 4.96 Å². The molecule has 1 N–H and O–H groups in total. The Kier molecular flexibility index (Phi) is 3.56. The van der Waals surface area contributed by atoms with E-state index in [9.17, 15) is 4.79 Å². The summed E-state index contributed by atoms with van der Waals surface area (Å²) in [5.74, 6) is 0.0548. The lowest BCUT2D eigenvalue weighted by Crippen LogP contribution is -2.26. The minimum atomic E-state index is 0.0548. The number of amides is 1. The van der Waals surface area contributed by atoms with E-state index in [0.29, 0.717) is 6.42 Å². The summed E-state index contributed by atoms with van der Waals surface area (Å²) >= 11 is 1.58. The second-order valence-corrected chi connectivity index (χ2v) is 4.58. The molecule has 0 saturated carbocycles. The Labute approximate surface area is 98.3 Å². The SMILES string of the molecule is CCCCNC(=O)Cc1cn2ccsc2n1. The molecule has 0 aliphatic heterocycles.